The summed E-state index contributed by atoms with van der Waals surface area (Å²) in [5, 5.41) is 2.20. The second kappa shape index (κ2) is 16.6. The van der Waals surface area contributed by atoms with Gasteiger partial charge in [0.25, 0.3) is 5.91 Å². The average Bonchev–Trinajstić information content (AvgIpc) is 3.50. The SMILES string of the molecule is C[C@H](OC(N)=O)c1oc(-c2ccc(OC(F)F)c(OCCCCC(=O)N3CCOCC3)c2)nc1C(=O)NC(C(N)=O)c1ccc(F)cc1F. The van der Waals surface area contributed by atoms with Crippen molar-refractivity contribution in [2.24, 2.45) is 11.5 Å². The van der Waals surface area contributed by atoms with E-state index in [0.717, 1.165) is 18.2 Å². The van der Waals surface area contributed by atoms with Gasteiger partial charge in [-0.3, -0.25) is 14.4 Å². The van der Waals surface area contributed by atoms with Gasteiger partial charge in [0.2, 0.25) is 17.7 Å². The molecule has 0 spiro atoms. The van der Waals surface area contributed by atoms with Crippen molar-refractivity contribution in [1.29, 1.82) is 0 Å². The average molecular weight is 696 g/mol. The van der Waals surface area contributed by atoms with Gasteiger partial charge in [0.05, 0.1) is 19.8 Å². The molecule has 0 radical (unpaired) electrons. The second-order valence-corrected chi connectivity index (χ2v) is 10.6. The first-order valence-corrected chi connectivity index (χ1v) is 14.9. The zero-order valence-corrected chi connectivity index (χ0v) is 26.1. The predicted molar refractivity (Wildman–Crippen MR) is 160 cm³/mol. The number of rotatable bonds is 15. The summed E-state index contributed by atoms with van der Waals surface area (Å²) in [6.07, 6.45) is -1.47. The number of aromatic nitrogens is 1. The molecule has 1 unspecified atom stereocenters. The minimum atomic E-state index is -3.20. The first kappa shape index (κ1) is 36.4. The topological polar surface area (TPSA) is 199 Å². The van der Waals surface area contributed by atoms with E-state index in [1.54, 1.807) is 4.90 Å². The number of hydrogen-bond donors (Lipinski definition) is 3. The maximum Gasteiger partial charge on any atom is 0.405 e. The van der Waals surface area contributed by atoms with Crippen molar-refractivity contribution >= 4 is 23.8 Å². The Morgan fingerprint density at radius 1 is 1.02 bits per heavy atom. The van der Waals surface area contributed by atoms with Crippen LogP contribution in [0.1, 0.15) is 60.1 Å². The Labute approximate surface area is 276 Å². The summed E-state index contributed by atoms with van der Waals surface area (Å²) in [5.41, 5.74) is 9.61. The fourth-order valence-corrected chi connectivity index (χ4v) is 4.84. The van der Waals surface area contributed by atoms with Crippen molar-refractivity contribution in [2.75, 3.05) is 32.9 Å². The van der Waals surface area contributed by atoms with Gasteiger partial charge in [-0.25, -0.2) is 18.6 Å². The van der Waals surface area contributed by atoms with Crippen LogP contribution in [0.15, 0.2) is 40.8 Å². The molecule has 1 aliphatic heterocycles. The first-order chi connectivity index (χ1) is 23.3. The van der Waals surface area contributed by atoms with Crippen LogP contribution in [0.2, 0.25) is 0 Å². The molecular formula is C31H33F4N5O9. The fraction of sp³-hybridized carbons (Fsp3) is 0.387. The Hall–Kier alpha value is -5.39. The van der Waals surface area contributed by atoms with E-state index >= 15 is 0 Å². The van der Waals surface area contributed by atoms with Gasteiger partial charge in [0.1, 0.15) is 17.7 Å². The monoisotopic (exact) mass is 695 g/mol. The van der Waals surface area contributed by atoms with Gasteiger partial charge >= 0.3 is 12.7 Å². The van der Waals surface area contributed by atoms with E-state index in [-0.39, 0.29) is 47.6 Å². The number of amides is 4. The Bertz CT molecular complexity index is 1670. The number of unbranched alkanes of at least 4 members (excludes halogenated alkanes) is 1. The lowest BCUT2D eigenvalue weighted by Gasteiger charge is -2.26. The van der Waals surface area contributed by atoms with E-state index in [2.05, 4.69) is 15.0 Å². The quantitative estimate of drug-likeness (QED) is 0.156. The predicted octanol–water partition coefficient (Wildman–Crippen LogP) is 3.74. The van der Waals surface area contributed by atoms with Crippen LogP contribution in [0.5, 0.6) is 11.5 Å². The van der Waals surface area contributed by atoms with E-state index in [0.29, 0.717) is 45.2 Å². The van der Waals surface area contributed by atoms with Gasteiger partial charge in [0.15, 0.2) is 29.1 Å². The number of nitrogens with zero attached hydrogens (tertiary/aromatic N) is 2. The third kappa shape index (κ3) is 9.82. The molecule has 5 N–H and O–H groups in total. The van der Waals surface area contributed by atoms with E-state index in [9.17, 15) is 36.7 Å². The van der Waals surface area contributed by atoms with Crippen LogP contribution in [0.25, 0.3) is 11.5 Å². The highest BCUT2D eigenvalue weighted by Crippen LogP contribution is 2.36. The third-order valence-corrected chi connectivity index (χ3v) is 7.18. The summed E-state index contributed by atoms with van der Waals surface area (Å²) in [4.78, 5) is 55.3. The Balaban J connectivity index is 1.57. The summed E-state index contributed by atoms with van der Waals surface area (Å²) < 4.78 is 80.5. The number of alkyl halides is 2. The summed E-state index contributed by atoms with van der Waals surface area (Å²) in [5.74, 6) is -5.63. The van der Waals surface area contributed by atoms with Gasteiger partial charge in [-0.05, 0) is 44.0 Å². The number of nitrogens with two attached hydrogens (primary N) is 2. The Kier molecular flexibility index (Phi) is 12.4. The minimum absolute atomic E-state index is 0.0157. The van der Waals surface area contributed by atoms with Crippen molar-refractivity contribution < 1.29 is 60.1 Å². The minimum Gasteiger partial charge on any atom is -0.490 e. The van der Waals surface area contributed by atoms with Crippen LogP contribution in [0.4, 0.5) is 22.4 Å². The number of hydrogen-bond acceptors (Lipinski definition) is 10. The molecule has 18 heteroatoms. The molecular weight excluding hydrogens is 662 g/mol. The van der Waals surface area contributed by atoms with Crippen LogP contribution in [0, 0.1) is 11.6 Å². The van der Waals surface area contributed by atoms with E-state index < -0.39 is 59.6 Å². The standard InChI is InChI=1S/C31H33F4N5O9/c1-16(47-31(37)44)26-25(28(43)38-24(27(36)42)19-7-6-18(32)15-20(19)33)39-29(49-26)17-5-8-21(48-30(34)35)22(14-17)46-11-3-2-4-23(41)40-9-12-45-13-10-40/h5-8,14-16,24,30H,2-4,9-13H2,1H3,(H2,36,42)(H2,37,44)(H,38,43)/t16-,24?/m0/s1. The maximum absolute atomic E-state index is 14.5. The molecule has 1 saturated heterocycles. The number of carbonyl (C=O) groups excluding carboxylic acids is 4. The number of halogens is 4. The molecule has 0 saturated carbocycles. The number of ether oxygens (including phenoxy) is 4. The van der Waals surface area contributed by atoms with Crippen molar-refractivity contribution in [3.05, 3.63) is 65.1 Å². The van der Waals surface area contributed by atoms with Crippen molar-refractivity contribution in [2.45, 2.75) is 44.9 Å². The first-order valence-electron chi connectivity index (χ1n) is 14.9. The molecule has 1 fully saturated rings. The van der Waals surface area contributed by atoms with Gasteiger partial charge in [-0.2, -0.15) is 8.78 Å². The van der Waals surface area contributed by atoms with E-state index in [4.69, 9.17) is 30.1 Å². The number of primary amides is 2. The van der Waals surface area contributed by atoms with Crippen LogP contribution < -0.4 is 26.3 Å². The zero-order valence-electron chi connectivity index (χ0n) is 26.1. The molecule has 4 rings (SSSR count). The summed E-state index contributed by atoms with van der Waals surface area (Å²) >= 11 is 0. The van der Waals surface area contributed by atoms with Crippen LogP contribution in [0.3, 0.4) is 0 Å². The molecule has 264 valence electrons. The molecule has 1 aliphatic rings. The highest BCUT2D eigenvalue weighted by molar-refractivity contribution is 5.97. The molecule has 1 aromatic heterocycles. The number of morpholine rings is 1. The smallest absolute Gasteiger partial charge is 0.405 e. The van der Waals surface area contributed by atoms with Gasteiger partial charge in [-0.15, -0.1) is 0 Å². The Morgan fingerprint density at radius 2 is 1.76 bits per heavy atom. The van der Waals surface area contributed by atoms with Crippen molar-refractivity contribution in [3.63, 3.8) is 0 Å². The molecule has 14 nitrogen and oxygen atoms in total. The number of nitrogens with one attached hydrogen (secondary N) is 1. The fourth-order valence-electron chi connectivity index (χ4n) is 4.84. The number of benzene rings is 2. The number of oxazole rings is 1. The van der Waals surface area contributed by atoms with Gasteiger partial charge in [0, 0.05) is 36.7 Å². The lowest BCUT2D eigenvalue weighted by atomic mass is 10.0. The van der Waals surface area contributed by atoms with Crippen LogP contribution in [-0.2, 0) is 19.1 Å². The van der Waals surface area contributed by atoms with Crippen molar-refractivity contribution in [1.82, 2.24) is 15.2 Å². The third-order valence-electron chi connectivity index (χ3n) is 7.18. The van der Waals surface area contributed by atoms with Crippen LogP contribution >= 0.6 is 0 Å². The van der Waals surface area contributed by atoms with Crippen LogP contribution in [-0.4, -0.2) is 73.2 Å². The summed E-state index contributed by atoms with van der Waals surface area (Å²) in [7, 11) is 0. The van der Waals surface area contributed by atoms with E-state index in [1.807, 2.05) is 0 Å². The van der Waals surface area contributed by atoms with Gasteiger partial charge < -0.3 is 45.0 Å². The molecule has 2 atom stereocenters. The normalized spacial score (nSPS) is 14.2. The molecule has 4 amide bonds. The van der Waals surface area contributed by atoms with Gasteiger partial charge in [-0.1, -0.05) is 6.07 Å². The summed E-state index contributed by atoms with van der Waals surface area (Å²) in [6.45, 7) is 0.0624. The highest BCUT2D eigenvalue weighted by atomic mass is 19.3. The number of carbonyl (C=O) groups is 4. The maximum atomic E-state index is 14.5. The molecule has 2 aromatic carbocycles. The zero-order chi connectivity index (χ0) is 35.7. The molecule has 0 bridgehead atoms. The van der Waals surface area contributed by atoms with E-state index in [1.165, 1.54) is 19.1 Å². The second-order valence-electron chi connectivity index (χ2n) is 10.6. The molecule has 2 heterocycles. The molecule has 49 heavy (non-hydrogen) atoms. The molecule has 0 aliphatic carbocycles. The lowest BCUT2D eigenvalue weighted by Crippen LogP contribution is -2.40. The van der Waals surface area contributed by atoms with Crippen molar-refractivity contribution in [3.8, 4) is 23.0 Å². The lowest BCUT2D eigenvalue weighted by molar-refractivity contribution is -0.135. The molecule has 3 aromatic rings. The largest absolute Gasteiger partial charge is 0.490 e. The summed E-state index contributed by atoms with van der Waals surface area (Å²) in [6, 6.07) is 4.13. The highest BCUT2D eigenvalue weighted by Gasteiger charge is 2.31. The Morgan fingerprint density at radius 3 is 2.41 bits per heavy atom.